The molecule has 1 aromatic carbocycles. The summed E-state index contributed by atoms with van der Waals surface area (Å²) in [6.45, 7) is 1.39. The molecule has 0 bridgehead atoms. The molecule has 0 radical (unpaired) electrons. The van der Waals surface area contributed by atoms with Crippen LogP contribution in [0.25, 0.3) is 10.4 Å². The molecule has 0 N–H and O–H groups in total. The lowest BCUT2D eigenvalue weighted by Gasteiger charge is -2.24. The van der Waals surface area contributed by atoms with Crippen molar-refractivity contribution in [1.29, 1.82) is 0 Å². The van der Waals surface area contributed by atoms with E-state index in [0.29, 0.717) is 19.2 Å². The van der Waals surface area contributed by atoms with Crippen molar-refractivity contribution in [2.45, 2.75) is 44.4 Å². The van der Waals surface area contributed by atoms with Gasteiger partial charge in [-0.25, -0.2) is 0 Å². The maximum atomic E-state index is 12.7. The number of thiophene rings is 1. The van der Waals surface area contributed by atoms with Gasteiger partial charge in [0.15, 0.2) is 0 Å². The van der Waals surface area contributed by atoms with Crippen LogP contribution in [0.1, 0.15) is 30.6 Å². The van der Waals surface area contributed by atoms with Crippen molar-refractivity contribution < 1.29 is 9.53 Å². The number of ether oxygens (including phenoxy) is 1. The molecule has 1 saturated carbocycles. The predicted molar refractivity (Wildman–Crippen MR) is 97.3 cm³/mol. The molecular weight excluding hydrogens is 342 g/mol. The molecule has 1 saturated heterocycles. The van der Waals surface area contributed by atoms with E-state index in [4.69, 9.17) is 16.3 Å². The third-order valence-electron chi connectivity index (χ3n) is 4.60. The van der Waals surface area contributed by atoms with Gasteiger partial charge < -0.3 is 9.64 Å². The Morgan fingerprint density at radius 2 is 2.04 bits per heavy atom. The van der Waals surface area contributed by atoms with Crippen LogP contribution in [0.15, 0.2) is 36.4 Å². The van der Waals surface area contributed by atoms with E-state index in [-0.39, 0.29) is 12.0 Å². The molecule has 1 amide bonds. The van der Waals surface area contributed by atoms with Crippen LogP contribution in [-0.4, -0.2) is 29.6 Å². The molecule has 0 spiro atoms. The number of hydrogen-bond donors (Lipinski definition) is 0. The fourth-order valence-electron chi connectivity index (χ4n) is 3.17. The first-order chi connectivity index (χ1) is 11.7. The van der Waals surface area contributed by atoms with Gasteiger partial charge >= 0.3 is 0 Å². The quantitative estimate of drug-likeness (QED) is 0.769. The molecule has 3 nitrogen and oxygen atoms in total. The summed E-state index contributed by atoms with van der Waals surface area (Å²) in [5, 5.41) is 0.764. The average Bonchev–Trinajstić information content (AvgIpc) is 3.10. The summed E-state index contributed by atoms with van der Waals surface area (Å²) >= 11 is 8.01. The van der Waals surface area contributed by atoms with E-state index in [1.165, 1.54) is 4.88 Å². The topological polar surface area (TPSA) is 29.5 Å². The number of halogens is 1. The van der Waals surface area contributed by atoms with Gasteiger partial charge in [0.25, 0.3) is 5.91 Å². The van der Waals surface area contributed by atoms with Crippen molar-refractivity contribution in [3.8, 4) is 10.4 Å². The lowest BCUT2D eigenvalue weighted by molar-refractivity contribution is -0.142. The van der Waals surface area contributed by atoms with E-state index in [9.17, 15) is 4.79 Å². The van der Waals surface area contributed by atoms with Gasteiger partial charge in [0.2, 0.25) is 0 Å². The van der Waals surface area contributed by atoms with Gasteiger partial charge in [-0.15, -0.1) is 11.3 Å². The Balaban J connectivity index is 1.51. The van der Waals surface area contributed by atoms with E-state index in [0.717, 1.165) is 41.1 Å². The first-order valence-corrected chi connectivity index (χ1v) is 9.67. The van der Waals surface area contributed by atoms with Gasteiger partial charge in [0.1, 0.15) is 6.10 Å². The third kappa shape index (κ3) is 3.37. The second kappa shape index (κ2) is 6.87. The van der Waals surface area contributed by atoms with E-state index in [2.05, 4.69) is 12.1 Å². The van der Waals surface area contributed by atoms with Crippen molar-refractivity contribution in [3.63, 3.8) is 0 Å². The standard InChI is InChI=1S/C19H20ClNO2S/c20-16-5-2-1-4-15(16)18-10-9-14(24-18)12-21(13-7-8-13)19(22)17-6-3-11-23-17/h1-2,4-5,9-10,13,17H,3,6-8,11-12H2/t17-/m0/s1. The molecule has 2 heterocycles. The molecule has 1 aliphatic heterocycles. The minimum Gasteiger partial charge on any atom is -0.368 e. The van der Waals surface area contributed by atoms with Crippen molar-refractivity contribution in [2.75, 3.05) is 6.61 Å². The molecular formula is C19H20ClNO2S. The van der Waals surface area contributed by atoms with Gasteiger partial charge in [0.05, 0.1) is 6.54 Å². The highest BCUT2D eigenvalue weighted by molar-refractivity contribution is 7.15. The zero-order valence-corrected chi connectivity index (χ0v) is 15.0. The SMILES string of the molecule is O=C([C@@H]1CCCO1)N(Cc1ccc(-c2ccccc2Cl)s1)C1CC1. The summed E-state index contributed by atoms with van der Waals surface area (Å²) in [7, 11) is 0. The first-order valence-electron chi connectivity index (χ1n) is 8.48. The van der Waals surface area contributed by atoms with Gasteiger partial charge in [0, 0.05) is 33.0 Å². The lowest BCUT2D eigenvalue weighted by Crippen LogP contribution is -2.39. The monoisotopic (exact) mass is 361 g/mol. The summed E-state index contributed by atoms with van der Waals surface area (Å²) < 4.78 is 5.60. The van der Waals surface area contributed by atoms with E-state index in [1.54, 1.807) is 11.3 Å². The van der Waals surface area contributed by atoms with Crippen molar-refractivity contribution in [2.24, 2.45) is 0 Å². The van der Waals surface area contributed by atoms with Gasteiger partial charge in [-0.1, -0.05) is 29.8 Å². The van der Waals surface area contributed by atoms with E-state index in [1.807, 2.05) is 29.2 Å². The number of rotatable bonds is 5. The van der Waals surface area contributed by atoms with Crippen molar-refractivity contribution in [3.05, 3.63) is 46.3 Å². The van der Waals surface area contributed by atoms with E-state index < -0.39 is 0 Å². The fourth-order valence-corrected chi connectivity index (χ4v) is 4.51. The number of carbonyl (C=O) groups is 1. The second-order valence-electron chi connectivity index (χ2n) is 6.44. The normalized spacial score (nSPS) is 20.3. The summed E-state index contributed by atoms with van der Waals surface area (Å²) in [4.78, 5) is 17.1. The summed E-state index contributed by atoms with van der Waals surface area (Å²) in [6.07, 6.45) is 3.85. The minimum absolute atomic E-state index is 0.169. The number of carbonyl (C=O) groups excluding carboxylic acids is 1. The van der Waals surface area contributed by atoms with Crippen molar-refractivity contribution in [1.82, 2.24) is 4.90 Å². The highest BCUT2D eigenvalue weighted by atomic mass is 35.5. The maximum absolute atomic E-state index is 12.7. The van der Waals surface area contributed by atoms with Crippen LogP contribution in [0, 0.1) is 0 Å². The molecule has 4 rings (SSSR count). The molecule has 126 valence electrons. The number of hydrogen-bond acceptors (Lipinski definition) is 3. The fraction of sp³-hybridized carbons (Fsp3) is 0.421. The summed E-state index contributed by atoms with van der Waals surface area (Å²) in [6, 6.07) is 12.5. The Morgan fingerprint density at radius 3 is 2.75 bits per heavy atom. The minimum atomic E-state index is -0.228. The molecule has 1 atom stereocenters. The van der Waals surface area contributed by atoms with Crippen LogP contribution in [0.3, 0.4) is 0 Å². The predicted octanol–water partition coefficient (Wildman–Crippen LogP) is 4.74. The molecule has 1 aromatic heterocycles. The van der Waals surface area contributed by atoms with Crippen LogP contribution in [0.5, 0.6) is 0 Å². The second-order valence-corrected chi connectivity index (χ2v) is 8.02. The lowest BCUT2D eigenvalue weighted by atomic mass is 10.2. The Kier molecular flexibility index (Phi) is 4.61. The van der Waals surface area contributed by atoms with Crippen LogP contribution >= 0.6 is 22.9 Å². The first kappa shape index (κ1) is 16.1. The van der Waals surface area contributed by atoms with Gasteiger partial charge in [-0.05, 0) is 43.9 Å². The highest BCUT2D eigenvalue weighted by Gasteiger charge is 2.37. The van der Waals surface area contributed by atoms with Crippen LogP contribution < -0.4 is 0 Å². The smallest absolute Gasteiger partial charge is 0.252 e. The third-order valence-corrected chi connectivity index (χ3v) is 6.04. The maximum Gasteiger partial charge on any atom is 0.252 e. The van der Waals surface area contributed by atoms with E-state index >= 15 is 0 Å². The van der Waals surface area contributed by atoms with Crippen molar-refractivity contribution >= 4 is 28.8 Å². The number of nitrogens with zero attached hydrogens (tertiary/aromatic N) is 1. The zero-order valence-electron chi connectivity index (χ0n) is 13.4. The highest BCUT2D eigenvalue weighted by Crippen LogP contribution is 2.36. The van der Waals surface area contributed by atoms with Crippen LogP contribution in [0.2, 0.25) is 5.02 Å². The molecule has 5 heteroatoms. The average molecular weight is 362 g/mol. The van der Waals surface area contributed by atoms with Crippen LogP contribution in [0.4, 0.5) is 0 Å². The Morgan fingerprint density at radius 1 is 1.21 bits per heavy atom. The van der Waals surface area contributed by atoms with Gasteiger partial charge in [-0.3, -0.25) is 4.79 Å². The molecule has 0 unspecified atom stereocenters. The molecule has 24 heavy (non-hydrogen) atoms. The summed E-state index contributed by atoms with van der Waals surface area (Å²) in [5.41, 5.74) is 1.05. The Bertz CT molecular complexity index is 734. The molecule has 2 aliphatic rings. The molecule has 2 fully saturated rings. The largest absolute Gasteiger partial charge is 0.368 e. The van der Waals surface area contributed by atoms with Gasteiger partial charge in [-0.2, -0.15) is 0 Å². The molecule has 1 aliphatic carbocycles. The van der Waals surface area contributed by atoms with Crippen LogP contribution in [-0.2, 0) is 16.1 Å². The summed E-state index contributed by atoms with van der Waals surface area (Å²) in [5.74, 6) is 0.169. The Labute approximate surface area is 151 Å². The number of benzene rings is 1. The molecule has 2 aromatic rings. The Hall–Kier alpha value is -1.36. The zero-order chi connectivity index (χ0) is 16.5. The number of amides is 1.